The highest BCUT2D eigenvalue weighted by Gasteiger charge is 2.44. The van der Waals surface area contributed by atoms with E-state index in [2.05, 4.69) is 17.2 Å². The second-order valence-electron chi connectivity index (χ2n) is 7.77. The summed E-state index contributed by atoms with van der Waals surface area (Å²) in [5.74, 6) is -0.613. The standard InChI is InChI=1S/C25H25N3O3/c1-3-4-10-22-21(23(29)27-25-26-15-16(2)28(22)25)14-17-11-12-19(20(13-17)24(30)31)18-8-6-5-7-9-18/h5-9,11-13,15H,3-4,10,14H2,1-2H3,(H,30,31)(H,26,27,29)/q+1. The van der Waals surface area contributed by atoms with E-state index in [0.29, 0.717) is 23.5 Å². The lowest BCUT2D eigenvalue weighted by atomic mass is 9.93. The molecule has 2 aliphatic heterocycles. The molecule has 0 saturated heterocycles. The normalized spacial score (nSPS) is 16.0. The predicted molar refractivity (Wildman–Crippen MR) is 121 cm³/mol. The summed E-state index contributed by atoms with van der Waals surface area (Å²) in [6, 6.07) is 14.9. The number of fused-ring (bicyclic) bond motifs is 1. The fraction of sp³-hybridized carbons (Fsp3) is 0.240. The molecule has 157 valence electrons. The van der Waals surface area contributed by atoms with Crippen molar-refractivity contribution in [2.45, 2.75) is 39.5 Å². The third kappa shape index (κ3) is 4.07. The van der Waals surface area contributed by atoms with Crippen molar-refractivity contribution in [2.75, 3.05) is 0 Å². The average molecular weight is 415 g/mol. The molecule has 2 aromatic carbocycles. The Labute approximate surface area is 181 Å². The largest absolute Gasteiger partial charge is 0.478 e. The molecular formula is C25H25N3O3+. The molecule has 2 heterocycles. The SMILES string of the molecule is CCCCC1=C(Cc2ccc(-c3ccccc3)c(C(=O)O)c2)C(=O)NC2=NC=C(C)[N+]21. The van der Waals surface area contributed by atoms with Crippen LogP contribution in [-0.4, -0.2) is 22.9 Å². The van der Waals surface area contributed by atoms with Gasteiger partial charge in [-0.25, -0.2) is 4.79 Å². The van der Waals surface area contributed by atoms with Gasteiger partial charge in [0.2, 0.25) is 0 Å². The third-order valence-corrected chi connectivity index (χ3v) is 5.60. The molecule has 0 bridgehead atoms. The molecule has 4 rings (SSSR count). The second kappa shape index (κ2) is 8.70. The van der Waals surface area contributed by atoms with Crippen molar-refractivity contribution in [3.8, 4) is 11.1 Å². The van der Waals surface area contributed by atoms with Gasteiger partial charge in [-0.2, -0.15) is 4.99 Å². The number of carbonyl (C=O) groups is 2. The van der Waals surface area contributed by atoms with Crippen LogP contribution in [0.1, 0.15) is 49.0 Å². The van der Waals surface area contributed by atoms with E-state index >= 15 is 0 Å². The van der Waals surface area contributed by atoms with Gasteiger partial charge in [0, 0.05) is 19.8 Å². The van der Waals surface area contributed by atoms with Crippen molar-refractivity contribution in [2.24, 2.45) is 4.99 Å². The minimum Gasteiger partial charge on any atom is -0.478 e. The first-order chi connectivity index (χ1) is 15.0. The Bertz CT molecular complexity index is 1130. The number of guanidine groups is 1. The summed E-state index contributed by atoms with van der Waals surface area (Å²) >= 11 is 0. The molecule has 1 radical (unpaired) electrons. The van der Waals surface area contributed by atoms with Gasteiger partial charge in [-0.15, -0.1) is 0 Å². The predicted octanol–water partition coefficient (Wildman–Crippen LogP) is 4.54. The minimum absolute atomic E-state index is 0.173. The topological polar surface area (TPSA) is 84.7 Å². The van der Waals surface area contributed by atoms with Gasteiger partial charge in [-0.3, -0.25) is 10.1 Å². The summed E-state index contributed by atoms with van der Waals surface area (Å²) in [4.78, 5) is 31.2. The maximum Gasteiger partial charge on any atom is 0.370 e. The van der Waals surface area contributed by atoms with E-state index in [-0.39, 0.29) is 11.5 Å². The molecule has 0 saturated carbocycles. The monoisotopic (exact) mass is 415 g/mol. The molecular weight excluding hydrogens is 390 g/mol. The van der Waals surface area contributed by atoms with Crippen LogP contribution in [0.25, 0.3) is 11.1 Å². The highest BCUT2D eigenvalue weighted by molar-refractivity contribution is 6.11. The zero-order valence-electron chi connectivity index (χ0n) is 17.7. The number of hydrogen-bond acceptors (Lipinski definition) is 4. The van der Waals surface area contributed by atoms with Crippen molar-refractivity contribution >= 4 is 17.8 Å². The van der Waals surface area contributed by atoms with Crippen LogP contribution in [0.2, 0.25) is 0 Å². The number of carboxylic acids is 1. The number of allylic oxidation sites excluding steroid dienone is 2. The van der Waals surface area contributed by atoms with Crippen LogP contribution in [0.5, 0.6) is 0 Å². The van der Waals surface area contributed by atoms with E-state index in [1.54, 1.807) is 12.3 Å². The molecule has 2 N–H and O–H groups in total. The molecule has 6 nitrogen and oxygen atoms in total. The summed E-state index contributed by atoms with van der Waals surface area (Å²) < 4.78 is 0. The lowest BCUT2D eigenvalue weighted by Gasteiger charge is -2.21. The Hall–Kier alpha value is -3.51. The molecule has 31 heavy (non-hydrogen) atoms. The molecule has 1 amide bonds. The smallest absolute Gasteiger partial charge is 0.370 e. The van der Waals surface area contributed by atoms with Gasteiger partial charge >= 0.3 is 11.9 Å². The molecule has 2 aromatic rings. The number of nitrogens with one attached hydrogen (secondary N) is 1. The van der Waals surface area contributed by atoms with Gasteiger partial charge in [-0.05, 0) is 34.1 Å². The molecule has 0 spiro atoms. The quantitative estimate of drug-likeness (QED) is 0.651. The number of nitrogens with zero attached hydrogens (tertiary/aromatic N) is 2. The van der Waals surface area contributed by atoms with E-state index in [0.717, 1.165) is 41.8 Å². The Kier molecular flexibility index (Phi) is 5.82. The number of rotatable bonds is 7. The van der Waals surface area contributed by atoms with Crippen molar-refractivity contribution in [1.29, 1.82) is 0 Å². The Morgan fingerprint density at radius 3 is 2.65 bits per heavy atom. The van der Waals surface area contributed by atoms with Gasteiger partial charge in [-0.1, -0.05) is 55.8 Å². The van der Waals surface area contributed by atoms with Crippen molar-refractivity contribution in [3.05, 3.63) is 82.8 Å². The van der Waals surface area contributed by atoms with E-state index in [4.69, 9.17) is 0 Å². The number of benzene rings is 2. The molecule has 2 aliphatic rings. The summed E-state index contributed by atoms with van der Waals surface area (Å²) in [7, 11) is 0. The maximum atomic E-state index is 12.9. The minimum atomic E-state index is -0.985. The molecule has 0 unspecified atom stereocenters. The van der Waals surface area contributed by atoms with Crippen LogP contribution in [0, 0.1) is 0 Å². The van der Waals surface area contributed by atoms with Gasteiger partial charge in [0.15, 0.2) is 11.4 Å². The van der Waals surface area contributed by atoms with Crippen LogP contribution in [-0.2, 0) is 11.2 Å². The number of hydrogen-bond donors (Lipinski definition) is 2. The van der Waals surface area contributed by atoms with Gasteiger partial charge in [0.1, 0.15) is 0 Å². The molecule has 0 aliphatic carbocycles. The van der Waals surface area contributed by atoms with Gasteiger partial charge in [0.05, 0.1) is 17.3 Å². The first-order valence-electron chi connectivity index (χ1n) is 10.5. The van der Waals surface area contributed by atoms with Crippen molar-refractivity contribution in [3.63, 3.8) is 0 Å². The van der Waals surface area contributed by atoms with E-state index in [1.165, 1.54) is 0 Å². The van der Waals surface area contributed by atoms with E-state index < -0.39 is 5.97 Å². The van der Waals surface area contributed by atoms with E-state index in [1.807, 2.05) is 54.3 Å². The average Bonchev–Trinajstić information content (AvgIpc) is 3.14. The summed E-state index contributed by atoms with van der Waals surface area (Å²) in [6.07, 6.45) is 4.84. The van der Waals surface area contributed by atoms with Crippen LogP contribution in [0.15, 0.2) is 76.7 Å². The summed E-state index contributed by atoms with van der Waals surface area (Å²) in [5.41, 5.74) is 5.10. The van der Waals surface area contributed by atoms with Crippen molar-refractivity contribution in [1.82, 2.24) is 10.2 Å². The Balaban J connectivity index is 1.74. The lowest BCUT2D eigenvalue weighted by molar-refractivity contribution is -0.116. The second-order valence-corrected chi connectivity index (χ2v) is 7.77. The summed E-state index contributed by atoms with van der Waals surface area (Å²) in [5, 5.41) is 12.7. The number of carbonyl (C=O) groups excluding carboxylic acids is 1. The fourth-order valence-electron chi connectivity index (χ4n) is 4.05. The molecule has 6 heteroatoms. The third-order valence-electron chi connectivity index (χ3n) is 5.60. The zero-order chi connectivity index (χ0) is 22.0. The number of carboxylic acid groups (broad SMARTS) is 1. The van der Waals surface area contributed by atoms with Crippen LogP contribution in [0.4, 0.5) is 0 Å². The maximum absolute atomic E-state index is 12.9. The lowest BCUT2D eigenvalue weighted by Crippen LogP contribution is -2.50. The number of aromatic carboxylic acids is 1. The fourth-order valence-corrected chi connectivity index (χ4v) is 4.05. The molecule has 0 aromatic heterocycles. The molecule has 0 fully saturated rings. The highest BCUT2D eigenvalue weighted by Crippen LogP contribution is 2.30. The molecule has 0 atom stereocenters. The zero-order valence-corrected chi connectivity index (χ0v) is 17.7. The van der Waals surface area contributed by atoms with Gasteiger partial charge < -0.3 is 5.11 Å². The van der Waals surface area contributed by atoms with E-state index in [9.17, 15) is 14.7 Å². The summed E-state index contributed by atoms with van der Waals surface area (Å²) in [6.45, 7) is 4.08. The highest BCUT2D eigenvalue weighted by atomic mass is 16.4. The van der Waals surface area contributed by atoms with Crippen LogP contribution < -0.4 is 10.2 Å². The number of unbranched alkanes of at least 4 members (excludes halogenated alkanes) is 1. The first kappa shape index (κ1) is 20.8. The Morgan fingerprint density at radius 1 is 1.16 bits per heavy atom. The van der Waals surface area contributed by atoms with Gasteiger partial charge in [0.25, 0.3) is 5.91 Å². The van der Waals surface area contributed by atoms with Crippen molar-refractivity contribution < 1.29 is 14.7 Å². The Morgan fingerprint density at radius 2 is 1.94 bits per heavy atom. The number of amides is 1. The number of aliphatic imine (C=N–C) groups is 1. The van der Waals surface area contributed by atoms with Crippen LogP contribution in [0.3, 0.4) is 0 Å². The first-order valence-corrected chi connectivity index (χ1v) is 10.5. The van der Waals surface area contributed by atoms with Crippen LogP contribution >= 0.6 is 0 Å².